The van der Waals surface area contributed by atoms with Gasteiger partial charge in [-0.05, 0) is 62.7 Å². The van der Waals surface area contributed by atoms with Crippen molar-refractivity contribution in [1.29, 1.82) is 0 Å². The fourth-order valence-corrected chi connectivity index (χ4v) is 2.40. The fourth-order valence-electron chi connectivity index (χ4n) is 2.27. The summed E-state index contributed by atoms with van der Waals surface area (Å²) in [7, 11) is 0. The Morgan fingerprint density at radius 3 is 2.42 bits per heavy atom. The molecule has 0 amide bonds. The number of piperidine rings is 1. The molecule has 1 aliphatic rings. The van der Waals surface area contributed by atoms with Crippen LogP contribution in [0, 0.1) is 5.92 Å². The first-order chi connectivity index (χ1) is 8.78. The van der Waals surface area contributed by atoms with Gasteiger partial charge in [0, 0.05) is 11.6 Å². The molecule has 0 aromatic heterocycles. The van der Waals surface area contributed by atoms with Crippen molar-refractivity contribution in [3.63, 3.8) is 0 Å². The van der Waals surface area contributed by atoms with Crippen molar-refractivity contribution in [2.45, 2.75) is 12.8 Å². The number of nitrogens with two attached hydrogens (primary N) is 1. The molecular formula is C14H22Cl2N2O. The third kappa shape index (κ3) is 5.57. The fraction of sp³-hybridized carbons (Fsp3) is 0.571. The summed E-state index contributed by atoms with van der Waals surface area (Å²) in [6.45, 7) is 4.83. The zero-order chi connectivity index (χ0) is 12.8. The Kier molecular flexibility index (Phi) is 7.54. The molecule has 0 aliphatic carbocycles. The van der Waals surface area contributed by atoms with Crippen molar-refractivity contribution >= 4 is 24.0 Å². The zero-order valence-corrected chi connectivity index (χ0v) is 12.6. The molecule has 0 saturated carbocycles. The van der Waals surface area contributed by atoms with Crippen molar-refractivity contribution < 1.29 is 4.74 Å². The van der Waals surface area contributed by atoms with Crippen LogP contribution >= 0.6 is 24.0 Å². The van der Waals surface area contributed by atoms with Gasteiger partial charge in [-0.2, -0.15) is 0 Å². The number of hydrogen-bond acceptors (Lipinski definition) is 3. The Hall–Kier alpha value is -0.480. The van der Waals surface area contributed by atoms with Gasteiger partial charge in [-0.25, -0.2) is 0 Å². The average molecular weight is 305 g/mol. The maximum atomic E-state index is 5.82. The summed E-state index contributed by atoms with van der Waals surface area (Å²) in [5.41, 5.74) is 5.68. The molecule has 0 atom stereocenters. The Morgan fingerprint density at radius 2 is 1.84 bits per heavy atom. The van der Waals surface area contributed by atoms with Gasteiger partial charge in [0.2, 0.25) is 0 Å². The van der Waals surface area contributed by atoms with E-state index in [1.807, 2.05) is 24.3 Å². The first-order valence-corrected chi connectivity index (χ1v) is 6.96. The molecule has 108 valence electrons. The number of ether oxygens (including phenoxy) is 1. The Morgan fingerprint density at radius 1 is 1.21 bits per heavy atom. The topological polar surface area (TPSA) is 38.5 Å². The molecule has 0 bridgehead atoms. The number of nitrogens with zero attached hydrogens (tertiary/aromatic N) is 1. The highest BCUT2D eigenvalue weighted by Gasteiger charge is 2.17. The van der Waals surface area contributed by atoms with E-state index in [-0.39, 0.29) is 12.4 Å². The highest BCUT2D eigenvalue weighted by Crippen LogP contribution is 2.17. The van der Waals surface area contributed by atoms with Crippen LogP contribution in [0.2, 0.25) is 5.02 Å². The van der Waals surface area contributed by atoms with Gasteiger partial charge in [0.25, 0.3) is 0 Å². The molecule has 2 rings (SSSR count). The highest BCUT2D eigenvalue weighted by molar-refractivity contribution is 6.30. The van der Waals surface area contributed by atoms with Gasteiger partial charge < -0.3 is 10.5 Å². The van der Waals surface area contributed by atoms with Gasteiger partial charge in [-0.3, -0.25) is 4.90 Å². The van der Waals surface area contributed by atoms with Crippen LogP contribution in [0.5, 0.6) is 5.75 Å². The van der Waals surface area contributed by atoms with Gasteiger partial charge in [-0.1, -0.05) is 11.6 Å². The number of benzene rings is 1. The van der Waals surface area contributed by atoms with E-state index in [0.29, 0.717) is 0 Å². The van der Waals surface area contributed by atoms with E-state index in [2.05, 4.69) is 4.90 Å². The molecule has 1 heterocycles. The predicted molar refractivity (Wildman–Crippen MR) is 82.4 cm³/mol. The Balaban J connectivity index is 0.00000180. The maximum Gasteiger partial charge on any atom is 0.119 e. The second-order valence-corrected chi connectivity index (χ2v) is 5.26. The lowest BCUT2D eigenvalue weighted by Crippen LogP contribution is -2.38. The number of halogens is 2. The van der Waals surface area contributed by atoms with E-state index in [4.69, 9.17) is 22.1 Å². The van der Waals surface area contributed by atoms with Crippen LogP contribution in [0.3, 0.4) is 0 Å². The minimum atomic E-state index is 0. The molecule has 0 unspecified atom stereocenters. The van der Waals surface area contributed by atoms with Crippen molar-refractivity contribution in [3.05, 3.63) is 29.3 Å². The largest absolute Gasteiger partial charge is 0.492 e. The number of rotatable bonds is 5. The van der Waals surface area contributed by atoms with Crippen LogP contribution in [0.1, 0.15) is 12.8 Å². The standard InChI is InChI=1S/C14H21ClN2O.ClH/c15-13-1-3-14(4-2-13)18-10-9-17-7-5-12(11-16)6-8-17;/h1-4,12H,5-11,16H2;1H. The maximum absolute atomic E-state index is 5.82. The van der Waals surface area contributed by atoms with Gasteiger partial charge in [0.05, 0.1) is 0 Å². The van der Waals surface area contributed by atoms with Gasteiger partial charge in [-0.15, -0.1) is 12.4 Å². The van der Waals surface area contributed by atoms with E-state index in [9.17, 15) is 0 Å². The lowest BCUT2D eigenvalue weighted by Gasteiger charge is -2.31. The van der Waals surface area contributed by atoms with Crippen LogP contribution in [-0.2, 0) is 0 Å². The molecule has 0 spiro atoms. The van der Waals surface area contributed by atoms with Crippen LogP contribution < -0.4 is 10.5 Å². The molecule has 3 nitrogen and oxygen atoms in total. The third-order valence-electron chi connectivity index (χ3n) is 3.53. The summed E-state index contributed by atoms with van der Waals surface area (Å²) in [4.78, 5) is 2.45. The molecule has 19 heavy (non-hydrogen) atoms. The second kappa shape index (κ2) is 8.64. The second-order valence-electron chi connectivity index (χ2n) is 4.82. The third-order valence-corrected chi connectivity index (χ3v) is 3.78. The van der Waals surface area contributed by atoms with Crippen LogP contribution in [0.25, 0.3) is 0 Å². The van der Waals surface area contributed by atoms with Gasteiger partial charge in [0.1, 0.15) is 12.4 Å². The van der Waals surface area contributed by atoms with Crippen molar-refractivity contribution in [2.75, 3.05) is 32.8 Å². The predicted octanol–water partition coefficient (Wildman–Crippen LogP) is 2.81. The van der Waals surface area contributed by atoms with E-state index >= 15 is 0 Å². The quantitative estimate of drug-likeness (QED) is 0.909. The molecule has 1 saturated heterocycles. The highest BCUT2D eigenvalue weighted by atomic mass is 35.5. The molecule has 5 heteroatoms. The van der Waals surface area contributed by atoms with Crippen LogP contribution in [0.4, 0.5) is 0 Å². The minimum absolute atomic E-state index is 0. The molecule has 0 radical (unpaired) electrons. The zero-order valence-electron chi connectivity index (χ0n) is 11.1. The van der Waals surface area contributed by atoms with E-state index in [1.54, 1.807) is 0 Å². The van der Waals surface area contributed by atoms with E-state index < -0.39 is 0 Å². The smallest absolute Gasteiger partial charge is 0.119 e. The SMILES string of the molecule is Cl.NCC1CCN(CCOc2ccc(Cl)cc2)CC1. The average Bonchev–Trinajstić information content (AvgIpc) is 2.42. The summed E-state index contributed by atoms with van der Waals surface area (Å²) in [6, 6.07) is 7.51. The Labute approximate surface area is 126 Å². The first kappa shape index (κ1) is 16.6. The van der Waals surface area contributed by atoms with Crippen LogP contribution in [0.15, 0.2) is 24.3 Å². The molecule has 2 N–H and O–H groups in total. The first-order valence-electron chi connectivity index (χ1n) is 6.58. The van der Waals surface area contributed by atoms with E-state index in [1.165, 1.54) is 12.8 Å². The summed E-state index contributed by atoms with van der Waals surface area (Å²) >= 11 is 5.82. The van der Waals surface area contributed by atoms with Crippen molar-refractivity contribution in [3.8, 4) is 5.75 Å². The molecule has 1 aliphatic heterocycles. The number of hydrogen-bond donors (Lipinski definition) is 1. The van der Waals surface area contributed by atoms with Gasteiger partial charge >= 0.3 is 0 Å². The normalized spacial score (nSPS) is 16.9. The molecule has 1 aromatic rings. The summed E-state index contributed by atoms with van der Waals surface area (Å²) in [5.74, 6) is 1.61. The monoisotopic (exact) mass is 304 g/mol. The van der Waals surface area contributed by atoms with Crippen molar-refractivity contribution in [1.82, 2.24) is 4.90 Å². The minimum Gasteiger partial charge on any atom is -0.492 e. The number of likely N-dealkylation sites (tertiary alicyclic amines) is 1. The molecule has 1 aromatic carbocycles. The lowest BCUT2D eigenvalue weighted by molar-refractivity contribution is 0.157. The molecule has 1 fully saturated rings. The summed E-state index contributed by atoms with van der Waals surface area (Å²) in [6.07, 6.45) is 2.44. The lowest BCUT2D eigenvalue weighted by atomic mass is 9.97. The van der Waals surface area contributed by atoms with E-state index in [0.717, 1.165) is 49.5 Å². The van der Waals surface area contributed by atoms with Crippen molar-refractivity contribution in [2.24, 2.45) is 11.7 Å². The Bertz CT molecular complexity index is 351. The van der Waals surface area contributed by atoms with Gasteiger partial charge in [0.15, 0.2) is 0 Å². The van der Waals surface area contributed by atoms with Crippen LogP contribution in [-0.4, -0.2) is 37.7 Å². The summed E-state index contributed by atoms with van der Waals surface area (Å²) in [5, 5.41) is 0.742. The summed E-state index contributed by atoms with van der Waals surface area (Å²) < 4.78 is 5.69. The molecular weight excluding hydrogens is 283 g/mol.